The van der Waals surface area contributed by atoms with E-state index in [1.807, 2.05) is 19.1 Å². The molecule has 1 aromatic heterocycles. The lowest BCUT2D eigenvalue weighted by atomic mass is 10.1. The SMILES string of the molecule is Cc1ccc(Cl)c2c(NS)n[nH]c12. The van der Waals surface area contributed by atoms with Crippen molar-refractivity contribution in [2.45, 2.75) is 6.92 Å². The van der Waals surface area contributed by atoms with Gasteiger partial charge >= 0.3 is 0 Å². The van der Waals surface area contributed by atoms with E-state index in [4.69, 9.17) is 11.6 Å². The quantitative estimate of drug-likeness (QED) is 0.638. The van der Waals surface area contributed by atoms with Crippen molar-refractivity contribution in [2.24, 2.45) is 0 Å². The lowest BCUT2D eigenvalue weighted by Gasteiger charge is -1.98. The molecule has 0 aliphatic heterocycles. The van der Waals surface area contributed by atoms with Crippen molar-refractivity contribution >= 4 is 41.1 Å². The van der Waals surface area contributed by atoms with E-state index in [1.165, 1.54) is 0 Å². The lowest BCUT2D eigenvalue weighted by Crippen LogP contribution is -1.81. The Balaban J connectivity index is 2.87. The van der Waals surface area contributed by atoms with Crippen LogP contribution in [-0.2, 0) is 0 Å². The first-order valence-corrected chi connectivity index (χ1v) is 4.60. The third-order valence-electron chi connectivity index (χ3n) is 1.99. The van der Waals surface area contributed by atoms with Crippen molar-refractivity contribution in [2.75, 3.05) is 4.72 Å². The Bertz CT molecular complexity index is 452. The first kappa shape index (κ1) is 8.72. The van der Waals surface area contributed by atoms with Crippen molar-refractivity contribution in [3.8, 4) is 0 Å². The fourth-order valence-corrected chi connectivity index (χ4v) is 1.71. The third kappa shape index (κ3) is 1.26. The molecule has 2 N–H and O–H groups in total. The fourth-order valence-electron chi connectivity index (χ4n) is 1.31. The molecule has 2 aromatic rings. The van der Waals surface area contributed by atoms with E-state index in [0.29, 0.717) is 10.8 Å². The molecule has 0 aliphatic rings. The molecule has 0 bridgehead atoms. The Kier molecular flexibility index (Phi) is 2.09. The van der Waals surface area contributed by atoms with Gasteiger partial charge in [0.1, 0.15) is 0 Å². The molecule has 0 atom stereocenters. The van der Waals surface area contributed by atoms with E-state index in [9.17, 15) is 0 Å². The number of halogens is 1. The third-order valence-corrected chi connectivity index (χ3v) is 2.51. The molecular weight excluding hydrogens is 206 g/mol. The minimum Gasteiger partial charge on any atom is -0.315 e. The van der Waals surface area contributed by atoms with Gasteiger partial charge in [-0.2, -0.15) is 5.10 Å². The second-order valence-corrected chi connectivity index (χ2v) is 3.43. The summed E-state index contributed by atoms with van der Waals surface area (Å²) in [5, 5.41) is 8.50. The summed E-state index contributed by atoms with van der Waals surface area (Å²) in [6.45, 7) is 2.00. The van der Waals surface area contributed by atoms with Crippen molar-refractivity contribution in [3.05, 3.63) is 22.7 Å². The lowest BCUT2D eigenvalue weighted by molar-refractivity contribution is 1.12. The molecule has 13 heavy (non-hydrogen) atoms. The number of rotatable bonds is 1. The molecule has 0 fully saturated rings. The number of fused-ring (bicyclic) bond motifs is 1. The van der Waals surface area contributed by atoms with E-state index in [0.717, 1.165) is 16.5 Å². The predicted molar refractivity (Wildman–Crippen MR) is 58.4 cm³/mol. The first-order valence-electron chi connectivity index (χ1n) is 3.77. The summed E-state index contributed by atoms with van der Waals surface area (Å²) in [7, 11) is 0. The summed E-state index contributed by atoms with van der Waals surface area (Å²) < 4.78 is 2.69. The molecule has 0 saturated heterocycles. The standard InChI is InChI=1S/C8H8ClN3S/c1-4-2-3-5(9)6-7(4)10-11-8(6)12-13/h2-3,13H,1H3,(H2,10,11,12). The average Bonchev–Trinajstić information content (AvgIpc) is 2.56. The van der Waals surface area contributed by atoms with Crippen LogP contribution in [0, 0.1) is 6.92 Å². The number of nitrogens with zero attached hydrogens (tertiary/aromatic N) is 1. The summed E-state index contributed by atoms with van der Waals surface area (Å²) in [4.78, 5) is 0. The Morgan fingerprint density at radius 3 is 3.00 bits per heavy atom. The van der Waals surface area contributed by atoms with Crippen molar-refractivity contribution in [1.82, 2.24) is 10.2 Å². The fraction of sp³-hybridized carbons (Fsp3) is 0.125. The van der Waals surface area contributed by atoms with Crippen LogP contribution < -0.4 is 4.72 Å². The van der Waals surface area contributed by atoms with Gasteiger partial charge in [-0.05, 0) is 18.6 Å². The highest BCUT2D eigenvalue weighted by Gasteiger charge is 2.09. The van der Waals surface area contributed by atoms with Crippen LogP contribution in [-0.4, -0.2) is 10.2 Å². The van der Waals surface area contributed by atoms with E-state index in [1.54, 1.807) is 0 Å². The zero-order valence-corrected chi connectivity index (χ0v) is 8.58. The predicted octanol–water partition coefficient (Wildman–Crippen LogP) is 2.78. The molecule has 0 aliphatic carbocycles. The zero-order chi connectivity index (χ0) is 9.42. The summed E-state index contributed by atoms with van der Waals surface area (Å²) >= 11 is 9.96. The van der Waals surface area contributed by atoms with Gasteiger partial charge in [-0.1, -0.05) is 30.5 Å². The molecule has 0 radical (unpaired) electrons. The van der Waals surface area contributed by atoms with Crippen LogP contribution in [0.2, 0.25) is 5.02 Å². The minimum absolute atomic E-state index is 0.659. The molecule has 5 heteroatoms. The molecule has 2 rings (SSSR count). The largest absolute Gasteiger partial charge is 0.315 e. The zero-order valence-electron chi connectivity index (χ0n) is 6.93. The second kappa shape index (κ2) is 3.12. The Morgan fingerprint density at radius 2 is 2.31 bits per heavy atom. The van der Waals surface area contributed by atoms with E-state index < -0.39 is 0 Å². The smallest absolute Gasteiger partial charge is 0.166 e. The van der Waals surface area contributed by atoms with Gasteiger partial charge in [0.05, 0.1) is 15.9 Å². The maximum Gasteiger partial charge on any atom is 0.166 e. The number of hydrogen-bond acceptors (Lipinski definition) is 3. The molecule has 1 aromatic carbocycles. The van der Waals surface area contributed by atoms with Gasteiger partial charge in [0.2, 0.25) is 0 Å². The van der Waals surface area contributed by atoms with Gasteiger partial charge in [-0.15, -0.1) is 0 Å². The maximum absolute atomic E-state index is 6.02. The number of H-pyrrole nitrogens is 1. The topological polar surface area (TPSA) is 40.7 Å². The van der Waals surface area contributed by atoms with Gasteiger partial charge < -0.3 is 4.72 Å². The summed E-state index contributed by atoms with van der Waals surface area (Å²) in [5.74, 6) is 0.659. The van der Waals surface area contributed by atoms with Crippen LogP contribution in [0.3, 0.4) is 0 Å². The number of aryl methyl sites for hydroxylation is 1. The number of hydrogen-bond donors (Lipinski definition) is 3. The van der Waals surface area contributed by atoms with Crippen molar-refractivity contribution in [1.29, 1.82) is 0 Å². The Morgan fingerprint density at radius 1 is 1.54 bits per heavy atom. The molecular formula is C8H8ClN3S. The average molecular weight is 214 g/mol. The molecule has 0 spiro atoms. The van der Waals surface area contributed by atoms with Crippen molar-refractivity contribution < 1.29 is 0 Å². The highest BCUT2D eigenvalue weighted by atomic mass is 35.5. The van der Waals surface area contributed by atoms with Gasteiger partial charge in [-0.3, -0.25) is 5.10 Å². The molecule has 1 heterocycles. The summed E-state index contributed by atoms with van der Waals surface area (Å²) in [6.07, 6.45) is 0. The van der Waals surface area contributed by atoms with Gasteiger partial charge in [-0.25, -0.2) is 0 Å². The molecule has 0 saturated carbocycles. The molecule has 68 valence electrons. The first-order chi connectivity index (χ1) is 6.24. The van der Waals surface area contributed by atoms with Crippen LogP contribution >= 0.6 is 24.4 Å². The number of aromatic amines is 1. The van der Waals surface area contributed by atoms with Gasteiger partial charge in [0.15, 0.2) is 5.82 Å². The number of benzene rings is 1. The summed E-state index contributed by atoms with van der Waals surface area (Å²) in [5.41, 5.74) is 2.06. The van der Waals surface area contributed by atoms with Gasteiger partial charge in [0, 0.05) is 0 Å². The molecule has 3 nitrogen and oxygen atoms in total. The Hall–Kier alpha value is -0.870. The highest BCUT2D eigenvalue weighted by molar-refractivity contribution is 7.81. The summed E-state index contributed by atoms with van der Waals surface area (Å²) in [6, 6.07) is 3.80. The van der Waals surface area contributed by atoms with E-state index >= 15 is 0 Å². The van der Waals surface area contributed by atoms with E-state index in [2.05, 4.69) is 27.7 Å². The molecule has 0 amide bonds. The van der Waals surface area contributed by atoms with Gasteiger partial charge in [0.25, 0.3) is 0 Å². The van der Waals surface area contributed by atoms with E-state index in [-0.39, 0.29) is 0 Å². The second-order valence-electron chi connectivity index (χ2n) is 2.80. The van der Waals surface area contributed by atoms with Crippen LogP contribution in [0.25, 0.3) is 10.9 Å². The molecule has 0 unspecified atom stereocenters. The van der Waals surface area contributed by atoms with Crippen LogP contribution in [0.1, 0.15) is 5.56 Å². The monoisotopic (exact) mass is 213 g/mol. The number of nitrogens with one attached hydrogen (secondary N) is 2. The normalized spacial score (nSPS) is 10.7. The Labute approximate surface area is 86.0 Å². The number of thiol groups is 1. The maximum atomic E-state index is 6.02. The van der Waals surface area contributed by atoms with Crippen molar-refractivity contribution in [3.63, 3.8) is 0 Å². The number of aromatic nitrogens is 2. The van der Waals surface area contributed by atoms with Crippen LogP contribution in [0.4, 0.5) is 5.82 Å². The van der Waals surface area contributed by atoms with Crippen LogP contribution in [0.15, 0.2) is 12.1 Å². The van der Waals surface area contributed by atoms with Crippen LogP contribution in [0.5, 0.6) is 0 Å². The minimum atomic E-state index is 0.659. The highest BCUT2D eigenvalue weighted by Crippen LogP contribution is 2.30. The number of anilines is 1.